The summed E-state index contributed by atoms with van der Waals surface area (Å²) >= 11 is 1.72. The third-order valence-corrected chi connectivity index (χ3v) is 3.60. The molecule has 0 atom stereocenters. The Bertz CT molecular complexity index is 551. The van der Waals surface area contributed by atoms with Crippen molar-refractivity contribution < 1.29 is 9.53 Å². The summed E-state index contributed by atoms with van der Waals surface area (Å²) in [5.74, 6) is -0.324. The molecule has 0 unspecified atom stereocenters. The quantitative estimate of drug-likeness (QED) is 0.614. The fraction of sp³-hybridized carbons (Fsp3) is 0.133. The van der Waals surface area contributed by atoms with Gasteiger partial charge >= 0.3 is 5.97 Å². The molecule has 2 rings (SSSR count). The number of benzene rings is 1. The molecule has 1 aromatic carbocycles. The molecule has 3 heteroatoms. The normalized spacial score (nSPS) is 11.3. The van der Waals surface area contributed by atoms with Crippen molar-refractivity contribution >= 4 is 22.9 Å². The number of allylic oxidation sites excluding steroid dienone is 1. The van der Waals surface area contributed by atoms with E-state index in [4.69, 9.17) is 0 Å². The molecule has 1 aromatic heterocycles. The van der Waals surface area contributed by atoms with Crippen LogP contribution in [0.2, 0.25) is 0 Å². The predicted molar refractivity (Wildman–Crippen MR) is 75.4 cm³/mol. The molecule has 0 N–H and O–H groups in total. The number of hydrogen-bond donors (Lipinski definition) is 0. The van der Waals surface area contributed by atoms with Gasteiger partial charge in [0.05, 0.1) is 7.11 Å². The molecule has 18 heavy (non-hydrogen) atoms. The van der Waals surface area contributed by atoms with Crippen LogP contribution >= 0.6 is 11.3 Å². The first-order valence-corrected chi connectivity index (χ1v) is 6.49. The number of thiophene rings is 1. The van der Waals surface area contributed by atoms with Crippen LogP contribution < -0.4 is 0 Å². The lowest BCUT2D eigenvalue weighted by Crippen LogP contribution is -1.95. The smallest absolute Gasteiger partial charge is 0.330 e. The van der Waals surface area contributed by atoms with Gasteiger partial charge in [-0.2, -0.15) is 0 Å². The first kappa shape index (κ1) is 12.6. The first-order valence-electron chi connectivity index (χ1n) is 5.61. The average molecular weight is 258 g/mol. The highest BCUT2D eigenvalue weighted by molar-refractivity contribution is 7.13. The molecule has 92 valence electrons. The van der Waals surface area contributed by atoms with Crippen molar-refractivity contribution in [3.05, 3.63) is 53.4 Å². The standard InChI is InChI=1S/C15H14O2S/c1-11(10-15(16)17-2)12-5-7-13(8-6-12)14-4-3-9-18-14/h3-10H,1-2H3/b11-10+. The number of rotatable bonds is 3. The van der Waals surface area contributed by atoms with Gasteiger partial charge in [-0.25, -0.2) is 4.79 Å². The number of carbonyl (C=O) groups is 1. The summed E-state index contributed by atoms with van der Waals surface area (Å²) in [4.78, 5) is 12.4. The second kappa shape index (κ2) is 5.65. The zero-order chi connectivity index (χ0) is 13.0. The van der Waals surface area contributed by atoms with E-state index in [-0.39, 0.29) is 5.97 Å². The summed E-state index contributed by atoms with van der Waals surface area (Å²) in [6.45, 7) is 1.90. The van der Waals surface area contributed by atoms with E-state index in [0.717, 1.165) is 11.1 Å². The molecular weight excluding hydrogens is 244 g/mol. The van der Waals surface area contributed by atoms with Gasteiger partial charge in [0, 0.05) is 11.0 Å². The summed E-state index contributed by atoms with van der Waals surface area (Å²) in [6, 6.07) is 12.3. The predicted octanol–water partition coefficient (Wildman–Crippen LogP) is 3.99. The van der Waals surface area contributed by atoms with Crippen molar-refractivity contribution in [2.24, 2.45) is 0 Å². The molecule has 0 aliphatic heterocycles. The molecule has 0 aliphatic rings. The van der Waals surface area contributed by atoms with E-state index in [1.807, 2.05) is 25.1 Å². The van der Waals surface area contributed by atoms with E-state index < -0.39 is 0 Å². The third-order valence-electron chi connectivity index (χ3n) is 2.68. The summed E-state index contributed by atoms with van der Waals surface area (Å²) in [7, 11) is 1.38. The number of carbonyl (C=O) groups excluding carboxylic acids is 1. The SMILES string of the molecule is COC(=O)/C=C(\C)c1ccc(-c2cccs2)cc1. The lowest BCUT2D eigenvalue weighted by molar-refractivity contribution is -0.134. The van der Waals surface area contributed by atoms with Gasteiger partial charge in [0.1, 0.15) is 0 Å². The molecule has 0 spiro atoms. The van der Waals surface area contributed by atoms with Crippen LogP contribution in [-0.2, 0) is 9.53 Å². The Morgan fingerprint density at radius 3 is 2.50 bits per heavy atom. The van der Waals surface area contributed by atoms with Crippen molar-refractivity contribution in [1.82, 2.24) is 0 Å². The Hall–Kier alpha value is -1.87. The van der Waals surface area contributed by atoms with Crippen molar-refractivity contribution in [3.8, 4) is 10.4 Å². The van der Waals surface area contributed by atoms with Crippen molar-refractivity contribution in [1.29, 1.82) is 0 Å². The molecule has 0 saturated heterocycles. The van der Waals surface area contributed by atoms with Crippen LogP contribution in [0.25, 0.3) is 16.0 Å². The number of hydrogen-bond acceptors (Lipinski definition) is 3. The van der Waals surface area contributed by atoms with Gasteiger partial charge in [-0.1, -0.05) is 30.3 Å². The molecule has 0 amide bonds. The Balaban J connectivity index is 2.23. The minimum Gasteiger partial charge on any atom is -0.466 e. The molecule has 1 heterocycles. The van der Waals surface area contributed by atoms with Gasteiger partial charge in [0.25, 0.3) is 0 Å². The summed E-state index contributed by atoms with van der Waals surface area (Å²) in [5, 5.41) is 2.06. The van der Waals surface area contributed by atoms with Crippen LogP contribution in [0.4, 0.5) is 0 Å². The van der Waals surface area contributed by atoms with Gasteiger partial charge < -0.3 is 4.74 Å². The summed E-state index contributed by atoms with van der Waals surface area (Å²) in [6.07, 6.45) is 1.50. The zero-order valence-corrected chi connectivity index (χ0v) is 11.2. The van der Waals surface area contributed by atoms with Crippen LogP contribution in [0.3, 0.4) is 0 Å². The molecular formula is C15H14O2S. The molecule has 2 aromatic rings. The van der Waals surface area contributed by atoms with Gasteiger partial charge in [-0.05, 0) is 35.1 Å². The zero-order valence-electron chi connectivity index (χ0n) is 10.3. The molecule has 0 saturated carbocycles. The highest BCUT2D eigenvalue weighted by atomic mass is 32.1. The monoisotopic (exact) mass is 258 g/mol. The van der Waals surface area contributed by atoms with E-state index in [9.17, 15) is 4.79 Å². The van der Waals surface area contributed by atoms with Gasteiger partial charge in [-0.15, -0.1) is 11.3 Å². The van der Waals surface area contributed by atoms with Crippen LogP contribution in [0.15, 0.2) is 47.9 Å². The first-order chi connectivity index (χ1) is 8.70. The Kier molecular flexibility index (Phi) is 3.95. The molecule has 0 bridgehead atoms. The minimum absolute atomic E-state index is 0.324. The lowest BCUT2D eigenvalue weighted by atomic mass is 10.0. The maximum Gasteiger partial charge on any atom is 0.330 e. The molecule has 0 aliphatic carbocycles. The topological polar surface area (TPSA) is 26.3 Å². The number of esters is 1. The van der Waals surface area contributed by atoms with E-state index in [1.54, 1.807) is 11.3 Å². The highest BCUT2D eigenvalue weighted by Gasteiger charge is 2.02. The second-order valence-corrected chi connectivity index (χ2v) is 4.85. The molecule has 0 radical (unpaired) electrons. The van der Waals surface area contributed by atoms with E-state index >= 15 is 0 Å². The number of ether oxygens (including phenoxy) is 1. The van der Waals surface area contributed by atoms with Gasteiger partial charge in [0.2, 0.25) is 0 Å². The van der Waals surface area contributed by atoms with E-state index in [0.29, 0.717) is 0 Å². The van der Waals surface area contributed by atoms with Crippen LogP contribution in [0.1, 0.15) is 12.5 Å². The maximum atomic E-state index is 11.2. The van der Waals surface area contributed by atoms with Crippen molar-refractivity contribution in [2.75, 3.05) is 7.11 Å². The Morgan fingerprint density at radius 2 is 1.94 bits per heavy atom. The van der Waals surface area contributed by atoms with Crippen LogP contribution in [0.5, 0.6) is 0 Å². The maximum absolute atomic E-state index is 11.2. The van der Waals surface area contributed by atoms with Crippen LogP contribution in [0, 0.1) is 0 Å². The van der Waals surface area contributed by atoms with Crippen molar-refractivity contribution in [3.63, 3.8) is 0 Å². The fourth-order valence-electron chi connectivity index (χ4n) is 1.66. The summed E-state index contributed by atoms with van der Waals surface area (Å²) < 4.78 is 4.61. The lowest BCUT2D eigenvalue weighted by Gasteiger charge is -2.03. The van der Waals surface area contributed by atoms with Gasteiger partial charge in [0.15, 0.2) is 0 Å². The van der Waals surface area contributed by atoms with E-state index in [1.165, 1.54) is 23.6 Å². The van der Waals surface area contributed by atoms with Crippen LogP contribution in [-0.4, -0.2) is 13.1 Å². The Morgan fingerprint density at radius 1 is 1.22 bits per heavy atom. The van der Waals surface area contributed by atoms with E-state index in [2.05, 4.69) is 28.3 Å². The summed E-state index contributed by atoms with van der Waals surface area (Å²) in [5.41, 5.74) is 3.12. The minimum atomic E-state index is -0.324. The highest BCUT2D eigenvalue weighted by Crippen LogP contribution is 2.26. The Labute approximate surface area is 111 Å². The molecule has 2 nitrogen and oxygen atoms in total. The third kappa shape index (κ3) is 2.87. The fourth-order valence-corrected chi connectivity index (χ4v) is 2.39. The number of methoxy groups -OCH3 is 1. The van der Waals surface area contributed by atoms with Gasteiger partial charge in [-0.3, -0.25) is 0 Å². The average Bonchev–Trinajstić information content (AvgIpc) is 2.92. The molecule has 0 fully saturated rings. The largest absolute Gasteiger partial charge is 0.466 e. The second-order valence-electron chi connectivity index (χ2n) is 3.91. The van der Waals surface area contributed by atoms with Crippen molar-refractivity contribution in [2.45, 2.75) is 6.92 Å².